The highest BCUT2D eigenvalue weighted by molar-refractivity contribution is 6.05. The molecule has 0 unspecified atom stereocenters. The first-order valence-corrected chi connectivity index (χ1v) is 9.25. The second-order valence-electron chi connectivity index (χ2n) is 6.72. The minimum Gasteiger partial charge on any atom is -0.490 e. The molecule has 0 aromatic heterocycles. The van der Waals surface area contributed by atoms with Crippen molar-refractivity contribution in [3.8, 4) is 11.5 Å². The van der Waals surface area contributed by atoms with Gasteiger partial charge < -0.3 is 14.8 Å². The molecule has 0 saturated heterocycles. The van der Waals surface area contributed by atoms with Crippen LogP contribution in [0.4, 0.5) is 5.69 Å². The number of nitrogens with one attached hydrogen (secondary N) is 1. The molecule has 0 fully saturated rings. The Morgan fingerprint density at radius 3 is 2.50 bits per heavy atom. The summed E-state index contributed by atoms with van der Waals surface area (Å²) in [5.74, 6) is 1.54. The molecule has 2 aromatic carbocycles. The zero-order chi connectivity index (χ0) is 19.1. The van der Waals surface area contributed by atoms with Crippen LogP contribution in [0.5, 0.6) is 11.5 Å². The maximum atomic E-state index is 12.8. The first-order valence-electron chi connectivity index (χ1n) is 9.25. The molecule has 1 N–H and O–H groups in total. The third kappa shape index (κ3) is 5.01. The number of aryl methyl sites for hydroxylation is 2. The minimum atomic E-state index is -0.148. The van der Waals surface area contributed by atoms with Crippen LogP contribution in [0.15, 0.2) is 36.4 Å². The Bertz CT molecular complexity index is 753. The van der Waals surface area contributed by atoms with Crippen molar-refractivity contribution in [2.75, 3.05) is 18.5 Å². The number of amides is 1. The molecule has 0 bridgehead atoms. The van der Waals surface area contributed by atoms with Gasteiger partial charge in [0, 0.05) is 11.3 Å². The summed E-state index contributed by atoms with van der Waals surface area (Å²) in [5, 5.41) is 3.05. The van der Waals surface area contributed by atoms with Crippen LogP contribution in [0.1, 0.15) is 49.2 Å². The molecule has 4 nitrogen and oxygen atoms in total. The lowest BCUT2D eigenvalue weighted by Crippen LogP contribution is -2.15. The highest BCUT2D eigenvalue weighted by Gasteiger charge is 2.14. The predicted molar refractivity (Wildman–Crippen MR) is 106 cm³/mol. The van der Waals surface area contributed by atoms with Gasteiger partial charge in [0.1, 0.15) is 0 Å². The molecule has 0 heterocycles. The van der Waals surface area contributed by atoms with Crippen molar-refractivity contribution in [3.63, 3.8) is 0 Å². The number of carbonyl (C=O) groups is 1. The van der Waals surface area contributed by atoms with E-state index in [9.17, 15) is 4.79 Å². The van der Waals surface area contributed by atoms with E-state index in [0.29, 0.717) is 36.2 Å². The van der Waals surface area contributed by atoms with Gasteiger partial charge >= 0.3 is 0 Å². The Kier molecular flexibility index (Phi) is 7.07. The van der Waals surface area contributed by atoms with Gasteiger partial charge in [-0.15, -0.1) is 0 Å². The molecule has 26 heavy (non-hydrogen) atoms. The summed E-state index contributed by atoms with van der Waals surface area (Å²) in [5.41, 5.74) is 3.62. The highest BCUT2D eigenvalue weighted by Crippen LogP contribution is 2.30. The summed E-state index contributed by atoms with van der Waals surface area (Å²) < 4.78 is 11.5. The minimum absolute atomic E-state index is 0.148. The van der Waals surface area contributed by atoms with E-state index < -0.39 is 0 Å². The number of rotatable bonds is 8. The molecule has 0 spiro atoms. The average Bonchev–Trinajstić information content (AvgIpc) is 2.62. The van der Waals surface area contributed by atoms with Crippen molar-refractivity contribution in [1.82, 2.24) is 0 Å². The van der Waals surface area contributed by atoms with Crippen LogP contribution >= 0.6 is 0 Å². The van der Waals surface area contributed by atoms with E-state index in [4.69, 9.17) is 9.47 Å². The maximum Gasteiger partial charge on any atom is 0.255 e. The van der Waals surface area contributed by atoms with Crippen molar-refractivity contribution < 1.29 is 14.3 Å². The summed E-state index contributed by atoms with van der Waals surface area (Å²) >= 11 is 0. The molecule has 0 aliphatic rings. The number of hydrogen-bond donors (Lipinski definition) is 1. The molecule has 0 saturated carbocycles. The van der Waals surface area contributed by atoms with Gasteiger partial charge in [-0.2, -0.15) is 0 Å². The summed E-state index contributed by atoms with van der Waals surface area (Å²) in [6.07, 6.45) is 0.865. The molecular formula is C22H29NO3. The lowest BCUT2D eigenvalue weighted by Gasteiger charge is -2.16. The third-order valence-electron chi connectivity index (χ3n) is 4.06. The van der Waals surface area contributed by atoms with Crippen molar-refractivity contribution >= 4 is 11.6 Å². The predicted octanol–water partition coefficient (Wildman–Crippen LogP) is 5.24. The Labute approximate surface area is 156 Å². The van der Waals surface area contributed by atoms with Crippen LogP contribution in [0.2, 0.25) is 0 Å². The average molecular weight is 355 g/mol. The second kappa shape index (κ2) is 9.27. The Hall–Kier alpha value is -2.49. The van der Waals surface area contributed by atoms with Crippen LogP contribution in [0.3, 0.4) is 0 Å². The smallest absolute Gasteiger partial charge is 0.255 e. The fraction of sp³-hybridized carbons (Fsp3) is 0.409. The Morgan fingerprint density at radius 2 is 1.85 bits per heavy atom. The van der Waals surface area contributed by atoms with E-state index in [-0.39, 0.29) is 5.91 Å². The second-order valence-corrected chi connectivity index (χ2v) is 6.72. The quantitative estimate of drug-likeness (QED) is 0.704. The monoisotopic (exact) mass is 355 g/mol. The van der Waals surface area contributed by atoms with Crippen molar-refractivity contribution in [2.45, 2.75) is 41.0 Å². The summed E-state index contributed by atoms with van der Waals surface area (Å²) in [6.45, 7) is 11.3. The molecule has 140 valence electrons. The van der Waals surface area contributed by atoms with Gasteiger partial charge in [-0.25, -0.2) is 0 Å². The van der Waals surface area contributed by atoms with Crippen LogP contribution in [-0.4, -0.2) is 19.1 Å². The third-order valence-corrected chi connectivity index (χ3v) is 4.06. The number of hydrogen-bond acceptors (Lipinski definition) is 3. The fourth-order valence-electron chi connectivity index (χ4n) is 2.68. The van der Waals surface area contributed by atoms with E-state index in [1.807, 2.05) is 32.0 Å². The number of carbonyl (C=O) groups excluding carboxylic acids is 1. The highest BCUT2D eigenvalue weighted by atomic mass is 16.5. The number of anilines is 1. The Morgan fingerprint density at radius 1 is 1.08 bits per heavy atom. The molecule has 2 aromatic rings. The van der Waals surface area contributed by atoms with E-state index in [1.54, 1.807) is 18.2 Å². The maximum absolute atomic E-state index is 12.8. The van der Waals surface area contributed by atoms with E-state index in [2.05, 4.69) is 26.1 Å². The van der Waals surface area contributed by atoms with Gasteiger partial charge in [0.15, 0.2) is 11.5 Å². The summed E-state index contributed by atoms with van der Waals surface area (Å²) in [6, 6.07) is 11.4. The SMILES string of the molecule is CCOc1cc(C(=O)Nc2c(C)cccc2CC)ccc1OCC(C)C. The standard InChI is InChI=1S/C22H29NO3/c1-6-17-10-8-9-16(5)21(17)23-22(24)18-11-12-19(26-14-15(3)4)20(13-18)25-7-2/h8-13,15H,6-7,14H2,1-5H3,(H,23,24). The zero-order valence-electron chi connectivity index (χ0n) is 16.4. The van der Waals surface area contributed by atoms with Gasteiger partial charge in [-0.1, -0.05) is 39.0 Å². The van der Waals surface area contributed by atoms with Crippen molar-refractivity contribution in [1.29, 1.82) is 0 Å². The van der Waals surface area contributed by atoms with Crippen LogP contribution in [-0.2, 0) is 6.42 Å². The molecule has 4 heteroatoms. The van der Waals surface area contributed by atoms with E-state index in [1.165, 1.54) is 0 Å². The van der Waals surface area contributed by atoms with Gasteiger partial charge in [0.05, 0.1) is 13.2 Å². The van der Waals surface area contributed by atoms with Crippen LogP contribution < -0.4 is 14.8 Å². The fourth-order valence-corrected chi connectivity index (χ4v) is 2.68. The van der Waals surface area contributed by atoms with E-state index >= 15 is 0 Å². The first-order chi connectivity index (χ1) is 12.5. The largest absolute Gasteiger partial charge is 0.490 e. The molecule has 0 atom stereocenters. The number of ether oxygens (including phenoxy) is 2. The van der Waals surface area contributed by atoms with Gasteiger partial charge in [0.25, 0.3) is 5.91 Å². The van der Waals surface area contributed by atoms with Crippen LogP contribution in [0, 0.1) is 12.8 Å². The molecule has 1 amide bonds. The summed E-state index contributed by atoms with van der Waals surface area (Å²) in [4.78, 5) is 12.8. The molecule has 2 rings (SSSR count). The van der Waals surface area contributed by atoms with Crippen LogP contribution in [0.25, 0.3) is 0 Å². The van der Waals surface area contributed by atoms with Gasteiger partial charge in [0.2, 0.25) is 0 Å². The molecule has 0 aliphatic heterocycles. The number of para-hydroxylation sites is 1. The molecule has 0 aliphatic carbocycles. The zero-order valence-corrected chi connectivity index (χ0v) is 16.4. The summed E-state index contributed by atoms with van der Waals surface area (Å²) in [7, 11) is 0. The van der Waals surface area contributed by atoms with Crippen molar-refractivity contribution in [2.24, 2.45) is 5.92 Å². The Balaban J connectivity index is 2.25. The van der Waals surface area contributed by atoms with Crippen molar-refractivity contribution in [3.05, 3.63) is 53.1 Å². The lowest BCUT2D eigenvalue weighted by atomic mass is 10.1. The molecular weight excluding hydrogens is 326 g/mol. The van der Waals surface area contributed by atoms with E-state index in [0.717, 1.165) is 23.2 Å². The van der Waals surface area contributed by atoms with Gasteiger partial charge in [-0.05, 0) is 55.5 Å². The van der Waals surface area contributed by atoms with Gasteiger partial charge in [-0.3, -0.25) is 4.79 Å². The topological polar surface area (TPSA) is 47.6 Å². The number of benzene rings is 2. The molecule has 0 radical (unpaired) electrons. The normalized spacial score (nSPS) is 10.7. The lowest BCUT2D eigenvalue weighted by molar-refractivity contribution is 0.102. The first kappa shape index (κ1) is 19.8.